The molecule has 2 aromatic rings. The molecule has 0 spiro atoms. The van der Waals surface area contributed by atoms with Crippen molar-refractivity contribution in [3.05, 3.63) is 58.6 Å². The monoisotopic (exact) mass is 388 g/mol. The molecule has 0 aromatic heterocycles. The molecule has 1 aliphatic rings. The molecule has 0 bridgehead atoms. The first-order valence-electron chi connectivity index (χ1n) is 8.71. The fourth-order valence-electron chi connectivity index (χ4n) is 3.17. The van der Waals surface area contributed by atoms with Crippen LogP contribution in [0.3, 0.4) is 0 Å². The van der Waals surface area contributed by atoms with E-state index in [0.29, 0.717) is 48.9 Å². The van der Waals surface area contributed by atoms with Gasteiger partial charge < -0.3 is 19.6 Å². The lowest BCUT2D eigenvalue weighted by molar-refractivity contribution is 0.0715. The Kier molecular flexibility index (Phi) is 5.86. The smallest absolute Gasteiger partial charge is 0.257 e. The van der Waals surface area contributed by atoms with Gasteiger partial charge in [-0.15, -0.1) is 0 Å². The summed E-state index contributed by atoms with van der Waals surface area (Å²) in [5, 5.41) is 10.4. The molecular weight excluding hydrogens is 368 g/mol. The minimum atomic E-state index is -0.234. The molecule has 3 rings (SSSR count). The van der Waals surface area contributed by atoms with E-state index in [4.69, 9.17) is 16.3 Å². The largest absolute Gasteiger partial charge is 0.507 e. The molecule has 0 aliphatic carbocycles. The molecule has 2 aromatic carbocycles. The van der Waals surface area contributed by atoms with Gasteiger partial charge >= 0.3 is 0 Å². The van der Waals surface area contributed by atoms with Gasteiger partial charge in [0.2, 0.25) is 0 Å². The third-order valence-corrected chi connectivity index (χ3v) is 4.83. The summed E-state index contributed by atoms with van der Waals surface area (Å²) in [4.78, 5) is 29.0. The quantitative estimate of drug-likeness (QED) is 0.877. The fourth-order valence-corrected chi connectivity index (χ4v) is 3.34. The van der Waals surface area contributed by atoms with Gasteiger partial charge in [-0.3, -0.25) is 9.59 Å². The number of rotatable bonds is 3. The standard InChI is InChI=1S/C20H21ClN2O4/c1-27-18-8-7-14(21)13-16(18)20(26)23-10-4-9-22(11-12-23)19(25)15-5-2-3-6-17(15)24/h2-3,5-8,13,24H,4,9-12H2,1H3. The highest BCUT2D eigenvalue weighted by atomic mass is 35.5. The Morgan fingerprint density at radius 2 is 1.59 bits per heavy atom. The minimum Gasteiger partial charge on any atom is -0.507 e. The van der Waals surface area contributed by atoms with Gasteiger partial charge in [0.15, 0.2) is 0 Å². The zero-order valence-corrected chi connectivity index (χ0v) is 15.8. The first kappa shape index (κ1) is 19.0. The van der Waals surface area contributed by atoms with Gasteiger partial charge in [-0.05, 0) is 36.8 Å². The Hall–Kier alpha value is -2.73. The second-order valence-corrected chi connectivity index (χ2v) is 6.74. The first-order valence-corrected chi connectivity index (χ1v) is 9.09. The molecular formula is C20H21ClN2O4. The lowest BCUT2D eigenvalue weighted by atomic mass is 10.1. The van der Waals surface area contributed by atoms with Crippen molar-refractivity contribution in [2.45, 2.75) is 6.42 Å². The van der Waals surface area contributed by atoms with E-state index in [0.717, 1.165) is 0 Å². The predicted molar refractivity (Wildman–Crippen MR) is 103 cm³/mol. The van der Waals surface area contributed by atoms with Crippen molar-refractivity contribution in [3.8, 4) is 11.5 Å². The van der Waals surface area contributed by atoms with E-state index in [1.165, 1.54) is 13.2 Å². The number of phenols is 1. The molecule has 0 radical (unpaired) electrons. The summed E-state index contributed by atoms with van der Waals surface area (Å²) >= 11 is 6.03. The second kappa shape index (κ2) is 8.31. The molecule has 0 unspecified atom stereocenters. The van der Waals surface area contributed by atoms with Crippen LogP contribution in [0.25, 0.3) is 0 Å². The highest BCUT2D eigenvalue weighted by Crippen LogP contribution is 2.25. The summed E-state index contributed by atoms with van der Waals surface area (Å²) in [6.07, 6.45) is 0.647. The molecule has 142 valence electrons. The van der Waals surface area contributed by atoms with Gasteiger partial charge in [0.25, 0.3) is 11.8 Å². The number of hydrogen-bond donors (Lipinski definition) is 1. The lowest BCUT2D eigenvalue weighted by Crippen LogP contribution is -2.37. The maximum Gasteiger partial charge on any atom is 0.257 e. The molecule has 1 fully saturated rings. The zero-order chi connectivity index (χ0) is 19.4. The molecule has 1 heterocycles. The predicted octanol–water partition coefficient (Wildman–Crippen LogP) is 3.04. The van der Waals surface area contributed by atoms with E-state index >= 15 is 0 Å². The van der Waals surface area contributed by atoms with Gasteiger partial charge in [0.05, 0.1) is 18.2 Å². The number of carbonyl (C=O) groups excluding carboxylic acids is 2. The van der Waals surface area contributed by atoms with Gasteiger partial charge in [-0.1, -0.05) is 23.7 Å². The van der Waals surface area contributed by atoms with E-state index < -0.39 is 0 Å². The van der Waals surface area contributed by atoms with Gasteiger partial charge in [-0.2, -0.15) is 0 Å². The third-order valence-electron chi connectivity index (χ3n) is 4.60. The van der Waals surface area contributed by atoms with Crippen molar-refractivity contribution in [1.82, 2.24) is 9.80 Å². The number of phenolic OH excluding ortho intramolecular Hbond substituents is 1. The van der Waals surface area contributed by atoms with Gasteiger partial charge in [0, 0.05) is 31.2 Å². The Morgan fingerprint density at radius 3 is 2.22 bits per heavy atom. The molecule has 0 saturated carbocycles. The number of aromatic hydroxyl groups is 1. The maximum atomic E-state index is 12.9. The van der Waals surface area contributed by atoms with E-state index in [1.54, 1.807) is 46.2 Å². The van der Waals surface area contributed by atoms with Crippen LogP contribution in [0.5, 0.6) is 11.5 Å². The topological polar surface area (TPSA) is 70.1 Å². The van der Waals surface area contributed by atoms with Crippen LogP contribution in [0.15, 0.2) is 42.5 Å². The Bertz CT molecular complexity index is 856. The molecule has 7 heteroatoms. The number of ether oxygens (including phenoxy) is 1. The molecule has 6 nitrogen and oxygen atoms in total. The van der Waals surface area contributed by atoms with Crippen molar-refractivity contribution >= 4 is 23.4 Å². The SMILES string of the molecule is COc1ccc(Cl)cc1C(=O)N1CCCN(C(=O)c2ccccc2O)CC1. The number of carbonyl (C=O) groups is 2. The van der Waals surface area contributed by atoms with E-state index in [2.05, 4.69) is 0 Å². The van der Waals surface area contributed by atoms with Crippen LogP contribution in [0.2, 0.25) is 5.02 Å². The van der Waals surface area contributed by atoms with E-state index in [9.17, 15) is 14.7 Å². The molecule has 0 atom stereocenters. The van der Waals surface area contributed by atoms with Gasteiger partial charge in [0.1, 0.15) is 11.5 Å². The average molecular weight is 389 g/mol. The van der Waals surface area contributed by atoms with Crippen molar-refractivity contribution in [2.75, 3.05) is 33.3 Å². The van der Waals surface area contributed by atoms with Crippen LogP contribution in [-0.2, 0) is 0 Å². The summed E-state index contributed by atoms with van der Waals surface area (Å²) in [6.45, 7) is 1.83. The van der Waals surface area contributed by atoms with Crippen LogP contribution in [0.1, 0.15) is 27.1 Å². The number of nitrogens with zero attached hydrogens (tertiary/aromatic N) is 2. The number of para-hydroxylation sites is 1. The second-order valence-electron chi connectivity index (χ2n) is 6.30. The normalized spacial score (nSPS) is 14.6. The Morgan fingerprint density at radius 1 is 0.963 bits per heavy atom. The van der Waals surface area contributed by atoms with Crippen molar-refractivity contribution < 1.29 is 19.4 Å². The summed E-state index contributed by atoms with van der Waals surface area (Å²) < 4.78 is 5.28. The summed E-state index contributed by atoms with van der Waals surface area (Å²) in [5.74, 6) is 0.0214. The number of methoxy groups -OCH3 is 1. The van der Waals surface area contributed by atoms with Crippen LogP contribution < -0.4 is 4.74 Å². The summed E-state index contributed by atoms with van der Waals surface area (Å²) in [5.41, 5.74) is 0.680. The number of hydrogen-bond acceptors (Lipinski definition) is 4. The number of amides is 2. The maximum absolute atomic E-state index is 12.9. The Labute approximate surface area is 162 Å². The molecule has 2 amide bonds. The van der Waals surface area contributed by atoms with Crippen LogP contribution >= 0.6 is 11.6 Å². The molecule has 1 saturated heterocycles. The summed E-state index contributed by atoms with van der Waals surface area (Å²) in [7, 11) is 1.51. The van der Waals surface area contributed by atoms with Crippen LogP contribution in [0, 0.1) is 0 Å². The number of halogens is 1. The highest BCUT2D eigenvalue weighted by Gasteiger charge is 2.26. The van der Waals surface area contributed by atoms with Gasteiger partial charge in [-0.25, -0.2) is 0 Å². The van der Waals surface area contributed by atoms with Crippen LogP contribution in [-0.4, -0.2) is 60.0 Å². The zero-order valence-electron chi connectivity index (χ0n) is 15.0. The third kappa shape index (κ3) is 4.17. The molecule has 27 heavy (non-hydrogen) atoms. The van der Waals surface area contributed by atoms with Crippen LogP contribution in [0.4, 0.5) is 0 Å². The fraction of sp³-hybridized carbons (Fsp3) is 0.300. The average Bonchev–Trinajstić information content (AvgIpc) is 2.93. The highest BCUT2D eigenvalue weighted by molar-refractivity contribution is 6.31. The van der Waals surface area contributed by atoms with Crippen molar-refractivity contribution in [3.63, 3.8) is 0 Å². The lowest BCUT2D eigenvalue weighted by Gasteiger charge is -2.23. The number of benzene rings is 2. The first-order chi connectivity index (χ1) is 13.0. The summed E-state index contributed by atoms with van der Waals surface area (Å²) in [6, 6.07) is 11.4. The van der Waals surface area contributed by atoms with Crippen molar-refractivity contribution in [1.29, 1.82) is 0 Å². The Balaban J connectivity index is 1.73. The van der Waals surface area contributed by atoms with E-state index in [1.807, 2.05) is 0 Å². The van der Waals surface area contributed by atoms with Crippen molar-refractivity contribution in [2.24, 2.45) is 0 Å². The molecule has 1 aliphatic heterocycles. The minimum absolute atomic E-state index is 0.0386. The van der Waals surface area contributed by atoms with E-state index in [-0.39, 0.29) is 23.1 Å². The molecule has 1 N–H and O–H groups in total.